The van der Waals surface area contributed by atoms with Crippen LogP contribution >= 0.6 is 0 Å². The number of aliphatic hydroxyl groups excluding tert-OH is 5. The van der Waals surface area contributed by atoms with E-state index in [-0.39, 0.29) is 52.4 Å². The van der Waals surface area contributed by atoms with Gasteiger partial charge in [0, 0.05) is 5.92 Å². The van der Waals surface area contributed by atoms with E-state index < -0.39 is 47.8 Å². The molecule has 0 amide bonds. The van der Waals surface area contributed by atoms with Crippen LogP contribution in [0.1, 0.15) is 78.6 Å². The van der Waals surface area contributed by atoms with E-state index in [1.54, 1.807) is 0 Å². The van der Waals surface area contributed by atoms with Gasteiger partial charge in [-0.2, -0.15) is 0 Å². The summed E-state index contributed by atoms with van der Waals surface area (Å²) >= 11 is 0. The quantitative estimate of drug-likeness (QED) is 0.214. The molecule has 0 aromatic rings. The van der Waals surface area contributed by atoms with Crippen molar-refractivity contribution in [1.82, 2.24) is 0 Å². The van der Waals surface area contributed by atoms with Crippen molar-refractivity contribution in [1.29, 1.82) is 0 Å². The van der Waals surface area contributed by atoms with Crippen LogP contribution in [0.5, 0.6) is 0 Å². The molecule has 4 rings (SSSR count). The summed E-state index contributed by atoms with van der Waals surface area (Å²) in [5, 5.41) is 53.4. The Bertz CT molecular complexity index is 898. The van der Waals surface area contributed by atoms with Gasteiger partial charge in [0.25, 0.3) is 0 Å². The van der Waals surface area contributed by atoms with Gasteiger partial charge >= 0.3 is 0 Å². The minimum Gasteiger partial charge on any atom is -0.726 e. The molecule has 0 aromatic heterocycles. The van der Waals surface area contributed by atoms with Gasteiger partial charge in [0.2, 0.25) is 10.4 Å². The van der Waals surface area contributed by atoms with E-state index in [1.165, 1.54) is 0 Å². The first-order valence-electron chi connectivity index (χ1n) is 14.2. The van der Waals surface area contributed by atoms with Gasteiger partial charge in [0.15, 0.2) is 0 Å². The highest BCUT2D eigenvalue weighted by atomic mass is 32.3. The minimum absolute atomic E-state index is 0.0260. The molecule has 37 heavy (non-hydrogen) atoms. The Kier molecular flexibility index (Phi) is 8.75. The number of hydrogen-bond acceptors (Lipinski definition) is 9. The summed E-state index contributed by atoms with van der Waals surface area (Å²) < 4.78 is 36.5. The van der Waals surface area contributed by atoms with Gasteiger partial charge in [0.1, 0.15) is 0 Å². The zero-order chi connectivity index (χ0) is 27.3. The van der Waals surface area contributed by atoms with Gasteiger partial charge in [-0.3, -0.25) is 4.18 Å². The van der Waals surface area contributed by atoms with Crippen molar-refractivity contribution < 1.29 is 42.7 Å². The maximum Gasteiger partial charge on any atom is 0.217 e. The molecular weight excluding hydrogens is 500 g/mol. The van der Waals surface area contributed by atoms with E-state index in [9.17, 15) is 38.5 Å². The molecule has 4 aliphatic carbocycles. The Balaban J connectivity index is 1.45. The molecular formula is C27H47O9S-. The largest absolute Gasteiger partial charge is 0.726 e. The molecule has 0 aromatic carbocycles. The fourth-order valence-electron chi connectivity index (χ4n) is 9.46. The standard InChI is InChI=1S/C27H48O9S/c1-15(4-7-22(30)16(13-28)14-36-37(33,34)35)19-5-6-20-25-21(12-24(32)27(19,20)3)26(2)9-8-18(29)10-17(26)11-23(25)31/h15-25,28-32H,4-14H2,1-3H3,(H,33,34,35)/p-1/t15-,16?,17+,18-,19-,20+,21?,22-,23-,24+,25+,26+,27-/m1/s1. The van der Waals surface area contributed by atoms with Crippen molar-refractivity contribution in [2.45, 2.75) is 103 Å². The lowest BCUT2D eigenvalue weighted by Gasteiger charge is -2.63. The zero-order valence-corrected chi connectivity index (χ0v) is 23.2. The fourth-order valence-corrected chi connectivity index (χ4v) is 9.80. The topological polar surface area (TPSA) is 168 Å². The fraction of sp³-hybridized carbons (Fsp3) is 1.00. The maximum atomic E-state index is 11.7. The molecule has 4 aliphatic rings. The Hall–Kier alpha value is -0.330. The molecule has 0 heterocycles. The summed E-state index contributed by atoms with van der Waals surface area (Å²) in [6.45, 7) is 5.56. The van der Waals surface area contributed by atoms with E-state index in [0.717, 1.165) is 32.1 Å². The van der Waals surface area contributed by atoms with Crippen molar-refractivity contribution in [3.05, 3.63) is 0 Å². The van der Waals surface area contributed by atoms with E-state index in [1.807, 2.05) is 0 Å². The third-order valence-corrected chi connectivity index (χ3v) is 12.1. The van der Waals surface area contributed by atoms with Gasteiger partial charge < -0.3 is 30.1 Å². The zero-order valence-electron chi connectivity index (χ0n) is 22.4. The van der Waals surface area contributed by atoms with Crippen LogP contribution in [0.4, 0.5) is 0 Å². The third kappa shape index (κ3) is 5.51. The van der Waals surface area contributed by atoms with Gasteiger partial charge in [-0.25, -0.2) is 8.42 Å². The van der Waals surface area contributed by atoms with Crippen LogP contribution in [0.25, 0.3) is 0 Å². The van der Waals surface area contributed by atoms with E-state index in [4.69, 9.17) is 0 Å². The van der Waals surface area contributed by atoms with Crippen LogP contribution in [0.3, 0.4) is 0 Å². The lowest BCUT2D eigenvalue weighted by Crippen LogP contribution is -2.62. The summed E-state index contributed by atoms with van der Waals surface area (Å²) in [4.78, 5) is 0. The number of aliphatic hydroxyl groups is 5. The Morgan fingerprint density at radius 1 is 1.03 bits per heavy atom. The van der Waals surface area contributed by atoms with Crippen LogP contribution in [-0.2, 0) is 14.6 Å². The summed E-state index contributed by atoms with van der Waals surface area (Å²) in [7, 11) is -4.90. The van der Waals surface area contributed by atoms with Gasteiger partial charge in [-0.1, -0.05) is 20.8 Å². The molecule has 5 N–H and O–H groups in total. The number of fused-ring (bicyclic) bond motifs is 5. The molecule has 4 fully saturated rings. The normalized spacial score (nSPS) is 46.4. The molecule has 9 nitrogen and oxygen atoms in total. The van der Waals surface area contributed by atoms with Crippen molar-refractivity contribution in [2.75, 3.05) is 13.2 Å². The summed E-state index contributed by atoms with van der Waals surface area (Å²) in [6.07, 6.45) is 4.42. The second-order valence-electron chi connectivity index (χ2n) is 13.3. The highest BCUT2D eigenvalue weighted by molar-refractivity contribution is 7.80. The average Bonchev–Trinajstić information content (AvgIpc) is 3.17. The van der Waals surface area contributed by atoms with Crippen LogP contribution in [0.15, 0.2) is 0 Å². The number of hydrogen-bond donors (Lipinski definition) is 5. The average molecular weight is 548 g/mol. The highest BCUT2D eigenvalue weighted by Gasteiger charge is 2.65. The second-order valence-corrected chi connectivity index (χ2v) is 14.3. The molecule has 13 atom stereocenters. The summed E-state index contributed by atoms with van der Waals surface area (Å²) in [5.74, 6) is 0.355. The van der Waals surface area contributed by atoms with Crippen LogP contribution < -0.4 is 0 Å². The molecule has 2 unspecified atom stereocenters. The lowest BCUT2D eigenvalue weighted by atomic mass is 9.43. The van der Waals surface area contributed by atoms with Crippen LogP contribution in [-0.4, -0.2) is 76.1 Å². The third-order valence-electron chi connectivity index (χ3n) is 11.6. The summed E-state index contributed by atoms with van der Waals surface area (Å²) in [5.41, 5.74) is -0.321. The van der Waals surface area contributed by atoms with E-state index >= 15 is 0 Å². The smallest absolute Gasteiger partial charge is 0.217 e. The monoisotopic (exact) mass is 547 g/mol. The predicted octanol–water partition coefficient (Wildman–Crippen LogP) is 1.81. The number of rotatable bonds is 9. The SMILES string of the molecule is C[C@H](CC[C@@H](O)C(CO)COS(=O)(=O)[O-])[C@H]1CC[C@H]2[C@H]3C(C[C@H](O)[C@]12C)[C@@]1(C)CC[C@@H](O)C[C@H]1C[C@H]3O. The molecule has 0 bridgehead atoms. The van der Waals surface area contributed by atoms with Crippen LogP contribution in [0.2, 0.25) is 0 Å². The van der Waals surface area contributed by atoms with Crippen molar-refractivity contribution in [3.63, 3.8) is 0 Å². The van der Waals surface area contributed by atoms with Gasteiger partial charge in [-0.05, 0) is 104 Å². The Morgan fingerprint density at radius 2 is 1.73 bits per heavy atom. The molecule has 0 radical (unpaired) electrons. The molecule has 0 saturated heterocycles. The Morgan fingerprint density at radius 3 is 2.38 bits per heavy atom. The molecule has 10 heteroatoms. The second kappa shape index (κ2) is 10.9. The van der Waals surface area contributed by atoms with Gasteiger partial charge in [0.05, 0.1) is 37.6 Å². The first-order chi connectivity index (χ1) is 17.2. The molecule has 0 spiro atoms. The minimum atomic E-state index is -4.90. The van der Waals surface area contributed by atoms with Crippen molar-refractivity contribution >= 4 is 10.4 Å². The lowest BCUT2D eigenvalue weighted by molar-refractivity contribution is -0.207. The molecule has 4 saturated carbocycles. The van der Waals surface area contributed by atoms with Gasteiger partial charge in [-0.15, -0.1) is 0 Å². The van der Waals surface area contributed by atoms with E-state index in [2.05, 4.69) is 25.0 Å². The predicted molar refractivity (Wildman–Crippen MR) is 135 cm³/mol. The first-order valence-corrected chi connectivity index (χ1v) is 15.5. The maximum absolute atomic E-state index is 11.7. The van der Waals surface area contributed by atoms with Crippen molar-refractivity contribution in [2.24, 2.45) is 52.3 Å². The van der Waals surface area contributed by atoms with E-state index in [0.29, 0.717) is 25.7 Å². The van der Waals surface area contributed by atoms with Crippen LogP contribution in [0, 0.1) is 52.3 Å². The highest BCUT2D eigenvalue weighted by Crippen LogP contribution is 2.68. The molecule has 216 valence electrons. The summed E-state index contributed by atoms with van der Waals surface area (Å²) in [6, 6.07) is 0. The Labute approximate surface area is 221 Å². The van der Waals surface area contributed by atoms with Crippen molar-refractivity contribution in [3.8, 4) is 0 Å². The molecule has 0 aliphatic heterocycles. The first kappa shape index (κ1) is 29.6.